The number of aromatic nitrogens is 1. The van der Waals surface area contributed by atoms with E-state index in [1.54, 1.807) is 0 Å². The lowest BCUT2D eigenvalue weighted by atomic mass is 10.1. The fourth-order valence-corrected chi connectivity index (χ4v) is 3.65. The molecule has 0 unspecified atom stereocenters. The van der Waals surface area contributed by atoms with Gasteiger partial charge >= 0.3 is 5.97 Å². The highest BCUT2D eigenvalue weighted by molar-refractivity contribution is 7.21. The number of rotatable bonds is 4. The number of carbonyl (C=O) groups is 1. The van der Waals surface area contributed by atoms with Crippen molar-refractivity contribution in [3.05, 3.63) is 34.8 Å². The van der Waals surface area contributed by atoms with E-state index in [4.69, 9.17) is 10.5 Å². The zero-order valence-electron chi connectivity index (χ0n) is 13.3. The minimum atomic E-state index is -0.348. The van der Waals surface area contributed by atoms with E-state index in [-0.39, 0.29) is 12.0 Å². The molecule has 0 bridgehead atoms. The Kier molecular flexibility index (Phi) is 4.19. The SMILES string of the molecule is COC(=O)c1sc2cnc3cc(C)ccc3c2c1NC[C@@H](C)N. The summed E-state index contributed by atoms with van der Waals surface area (Å²) in [5.41, 5.74) is 8.70. The highest BCUT2D eigenvalue weighted by atomic mass is 32.1. The Morgan fingerprint density at radius 1 is 1.48 bits per heavy atom. The molecule has 3 N–H and O–H groups in total. The van der Waals surface area contributed by atoms with Gasteiger partial charge in [-0.25, -0.2) is 4.79 Å². The van der Waals surface area contributed by atoms with E-state index in [0.717, 1.165) is 32.2 Å². The van der Waals surface area contributed by atoms with Gasteiger partial charge in [-0.05, 0) is 25.5 Å². The van der Waals surface area contributed by atoms with Crippen molar-refractivity contribution in [2.75, 3.05) is 19.0 Å². The maximum atomic E-state index is 12.1. The predicted octanol–water partition coefficient (Wildman–Crippen LogP) is 3.30. The molecule has 0 saturated carbocycles. The largest absolute Gasteiger partial charge is 0.465 e. The lowest BCUT2D eigenvalue weighted by Crippen LogP contribution is -2.25. The monoisotopic (exact) mass is 329 g/mol. The molecule has 0 spiro atoms. The van der Waals surface area contributed by atoms with Crippen molar-refractivity contribution in [2.45, 2.75) is 19.9 Å². The Hall–Kier alpha value is -2.18. The topological polar surface area (TPSA) is 77.2 Å². The fraction of sp³-hybridized carbons (Fsp3) is 0.294. The summed E-state index contributed by atoms with van der Waals surface area (Å²) < 4.78 is 5.88. The predicted molar refractivity (Wildman–Crippen MR) is 95.3 cm³/mol. The molecule has 0 aliphatic carbocycles. The van der Waals surface area contributed by atoms with Crippen molar-refractivity contribution in [1.29, 1.82) is 0 Å². The first-order valence-electron chi connectivity index (χ1n) is 7.41. The molecular formula is C17H19N3O2S. The number of aryl methyl sites for hydroxylation is 1. The first-order valence-corrected chi connectivity index (χ1v) is 8.22. The van der Waals surface area contributed by atoms with Gasteiger partial charge in [-0.2, -0.15) is 0 Å². The van der Waals surface area contributed by atoms with E-state index in [1.807, 2.05) is 38.2 Å². The van der Waals surface area contributed by atoms with Crippen molar-refractivity contribution in [3.63, 3.8) is 0 Å². The number of pyridine rings is 1. The van der Waals surface area contributed by atoms with Gasteiger partial charge in [-0.3, -0.25) is 4.98 Å². The molecule has 1 atom stereocenters. The van der Waals surface area contributed by atoms with Crippen LogP contribution in [-0.2, 0) is 4.74 Å². The van der Waals surface area contributed by atoms with Crippen molar-refractivity contribution in [2.24, 2.45) is 5.73 Å². The minimum absolute atomic E-state index is 0.0224. The van der Waals surface area contributed by atoms with Gasteiger partial charge in [0.15, 0.2) is 0 Å². The quantitative estimate of drug-likeness (QED) is 0.718. The Balaban J connectivity index is 2.29. The summed E-state index contributed by atoms with van der Waals surface area (Å²) in [6, 6.07) is 6.12. The molecule has 120 valence electrons. The number of anilines is 1. The first kappa shape index (κ1) is 15.7. The zero-order chi connectivity index (χ0) is 16.6. The van der Waals surface area contributed by atoms with E-state index in [0.29, 0.717) is 11.4 Å². The van der Waals surface area contributed by atoms with Crippen LogP contribution in [0.3, 0.4) is 0 Å². The van der Waals surface area contributed by atoms with Crippen molar-refractivity contribution in [1.82, 2.24) is 4.98 Å². The summed E-state index contributed by atoms with van der Waals surface area (Å²) in [6.07, 6.45) is 1.81. The second kappa shape index (κ2) is 6.14. The Morgan fingerprint density at radius 3 is 2.96 bits per heavy atom. The molecule has 6 heteroatoms. The smallest absolute Gasteiger partial charge is 0.350 e. The number of nitrogens with zero attached hydrogens (tertiary/aromatic N) is 1. The molecule has 2 aromatic heterocycles. The molecule has 0 aliphatic rings. The van der Waals surface area contributed by atoms with E-state index in [9.17, 15) is 4.79 Å². The van der Waals surface area contributed by atoms with E-state index in [2.05, 4.69) is 10.3 Å². The summed E-state index contributed by atoms with van der Waals surface area (Å²) in [7, 11) is 1.39. The van der Waals surface area contributed by atoms with Crippen LogP contribution < -0.4 is 11.1 Å². The highest BCUT2D eigenvalue weighted by Gasteiger charge is 2.21. The second-order valence-electron chi connectivity index (χ2n) is 5.67. The van der Waals surface area contributed by atoms with Gasteiger partial charge < -0.3 is 15.8 Å². The molecule has 23 heavy (non-hydrogen) atoms. The van der Waals surface area contributed by atoms with Crippen LogP contribution in [0.5, 0.6) is 0 Å². The number of benzene rings is 1. The number of nitrogens with one attached hydrogen (secondary N) is 1. The van der Waals surface area contributed by atoms with E-state index >= 15 is 0 Å². The zero-order valence-corrected chi connectivity index (χ0v) is 14.2. The molecule has 3 rings (SSSR count). The van der Waals surface area contributed by atoms with Crippen LogP contribution in [0.1, 0.15) is 22.2 Å². The number of thiophene rings is 1. The number of methoxy groups -OCH3 is 1. The maximum Gasteiger partial charge on any atom is 0.350 e. The second-order valence-corrected chi connectivity index (χ2v) is 6.73. The standard InChI is InChI=1S/C17H19N3O2S/c1-9-4-5-11-12(6-9)19-8-13-14(11)15(20-7-10(2)18)16(23-13)17(21)22-3/h4-6,8,10,20H,7,18H2,1-3H3/t10-/m1/s1. The van der Waals surface area contributed by atoms with E-state index in [1.165, 1.54) is 18.4 Å². The average Bonchev–Trinajstić information content (AvgIpc) is 2.90. The molecule has 0 fully saturated rings. The van der Waals surface area contributed by atoms with Crippen LogP contribution in [0.25, 0.3) is 21.0 Å². The molecule has 0 radical (unpaired) electrons. The molecule has 1 aromatic carbocycles. The highest BCUT2D eigenvalue weighted by Crippen LogP contribution is 2.40. The number of esters is 1. The van der Waals surface area contributed by atoms with Crippen LogP contribution in [-0.4, -0.2) is 30.6 Å². The minimum Gasteiger partial charge on any atom is -0.465 e. The summed E-state index contributed by atoms with van der Waals surface area (Å²) in [5, 5.41) is 5.34. The van der Waals surface area contributed by atoms with Gasteiger partial charge in [-0.15, -0.1) is 11.3 Å². The Morgan fingerprint density at radius 2 is 2.26 bits per heavy atom. The van der Waals surface area contributed by atoms with Gasteiger partial charge in [0.25, 0.3) is 0 Å². The first-order chi connectivity index (χ1) is 11.0. The molecular weight excluding hydrogens is 310 g/mol. The van der Waals surface area contributed by atoms with Crippen LogP contribution in [0, 0.1) is 6.92 Å². The Labute approximate surface area is 138 Å². The lowest BCUT2D eigenvalue weighted by Gasteiger charge is -2.11. The fourth-order valence-electron chi connectivity index (χ4n) is 2.56. The van der Waals surface area contributed by atoms with Gasteiger partial charge in [-0.1, -0.05) is 12.1 Å². The summed E-state index contributed by atoms with van der Waals surface area (Å²) >= 11 is 1.39. The number of nitrogens with two attached hydrogens (primary N) is 1. The molecule has 3 aromatic rings. The number of fused-ring (bicyclic) bond motifs is 3. The van der Waals surface area contributed by atoms with E-state index < -0.39 is 0 Å². The van der Waals surface area contributed by atoms with Crippen molar-refractivity contribution in [3.8, 4) is 0 Å². The molecule has 0 aliphatic heterocycles. The molecule has 2 heterocycles. The summed E-state index contributed by atoms with van der Waals surface area (Å²) in [5.74, 6) is -0.348. The molecule has 0 amide bonds. The van der Waals surface area contributed by atoms with Crippen LogP contribution in [0.2, 0.25) is 0 Å². The third-order valence-corrected chi connectivity index (χ3v) is 4.75. The van der Waals surface area contributed by atoms with Crippen LogP contribution in [0.15, 0.2) is 24.4 Å². The van der Waals surface area contributed by atoms with Crippen molar-refractivity contribution >= 4 is 44.0 Å². The van der Waals surface area contributed by atoms with Crippen molar-refractivity contribution < 1.29 is 9.53 Å². The number of ether oxygens (including phenoxy) is 1. The van der Waals surface area contributed by atoms with Gasteiger partial charge in [0.05, 0.1) is 23.0 Å². The third-order valence-electron chi connectivity index (χ3n) is 3.65. The summed E-state index contributed by atoms with van der Waals surface area (Å²) in [4.78, 5) is 17.2. The average molecular weight is 329 g/mol. The molecule has 0 saturated heterocycles. The van der Waals surface area contributed by atoms with Gasteiger partial charge in [0.1, 0.15) is 4.88 Å². The van der Waals surface area contributed by atoms with Crippen LogP contribution >= 0.6 is 11.3 Å². The number of hydrogen-bond donors (Lipinski definition) is 2. The van der Waals surface area contributed by atoms with Gasteiger partial charge in [0.2, 0.25) is 0 Å². The van der Waals surface area contributed by atoms with Gasteiger partial charge in [0, 0.05) is 29.6 Å². The lowest BCUT2D eigenvalue weighted by molar-refractivity contribution is 0.0607. The summed E-state index contributed by atoms with van der Waals surface area (Å²) in [6.45, 7) is 4.53. The molecule has 5 nitrogen and oxygen atoms in total. The number of carbonyl (C=O) groups excluding carboxylic acids is 1. The third kappa shape index (κ3) is 2.87. The Bertz CT molecular complexity index is 886. The normalized spacial score (nSPS) is 12.5. The van der Waals surface area contributed by atoms with Crippen LogP contribution in [0.4, 0.5) is 5.69 Å². The maximum absolute atomic E-state index is 12.1. The number of hydrogen-bond acceptors (Lipinski definition) is 6.